The normalized spacial score (nSPS) is 13.1. The fourth-order valence-electron chi connectivity index (χ4n) is 1.53. The molecule has 1 rings (SSSR count). The fraction of sp³-hybridized carbons (Fsp3) is 0.636. The lowest BCUT2D eigenvalue weighted by atomic mass is 10.2. The summed E-state index contributed by atoms with van der Waals surface area (Å²) in [4.78, 5) is 13.1. The lowest BCUT2D eigenvalue weighted by Crippen LogP contribution is -2.29. The van der Waals surface area contributed by atoms with E-state index in [-0.39, 0.29) is 5.56 Å². The number of rotatable bonds is 5. The van der Waals surface area contributed by atoms with Crippen LogP contribution in [0.2, 0.25) is 0 Å². The largest absolute Gasteiger partial charge is 0.478 e. The van der Waals surface area contributed by atoms with Crippen molar-refractivity contribution in [3.63, 3.8) is 0 Å². The lowest BCUT2D eigenvalue weighted by Gasteiger charge is -2.23. The molecule has 1 N–H and O–H groups in total. The minimum atomic E-state index is -0.916. The van der Waals surface area contributed by atoms with Gasteiger partial charge in [-0.1, -0.05) is 6.92 Å². The highest BCUT2D eigenvalue weighted by Crippen LogP contribution is 2.12. The van der Waals surface area contributed by atoms with Gasteiger partial charge in [-0.25, -0.2) is 4.79 Å². The molecule has 0 saturated heterocycles. The van der Waals surface area contributed by atoms with E-state index in [2.05, 4.69) is 23.8 Å². The molecule has 16 heavy (non-hydrogen) atoms. The zero-order valence-corrected chi connectivity index (χ0v) is 10.3. The van der Waals surface area contributed by atoms with Gasteiger partial charge >= 0.3 is 5.97 Å². The third kappa shape index (κ3) is 2.61. The Morgan fingerprint density at radius 2 is 2.31 bits per heavy atom. The van der Waals surface area contributed by atoms with Gasteiger partial charge in [-0.15, -0.1) is 0 Å². The van der Waals surface area contributed by atoms with E-state index < -0.39 is 5.97 Å². The molecule has 1 unspecified atom stereocenters. The van der Waals surface area contributed by atoms with Gasteiger partial charge in [0.1, 0.15) is 5.56 Å². The number of aromatic carboxylic acids is 1. The van der Waals surface area contributed by atoms with Crippen LogP contribution in [0.15, 0.2) is 6.20 Å². The van der Waals surface area contributed by atoms with Gasteiger partial charge in [0.05, 0.1) is 11.9 Å². The fourth-order valence-corrected chi connectivity index (χ4v) is 1.53. The first-order valence-electron chi connectivity index (χ1n) is 5.41. The Morgan fingerprint density at radius 3 is 2.81 bits per heavy atom. The summed E-state index contributed by atoms with van der Waals surface area (Å²) in [7, 11) is 3.76. The second-order valence-electron chi connectivity index (χ2n) is 4.11. The molecule has 1 heterocycles. The third-order valence-electron chi connectivity index (χ3n) is 3.03. The topological polar surface area (TPSA) is 58.4 Å². The first kappa shape index (κ1) is 12.7. The van der Waals surface area contributed by atoms with Crippen molar-refractivity contribution < 1.29 is 9.90 Å². The molecular formula is C11H19N3O2. The highest BCUT2D eigenvalue weighted by atomic mass is 16.4. The van der Waals surface area contributed by atoms with E-state index >= 15 is 0 Å². The Labute approximate surface area is 95.7 Å². The van der Waals surface area contributed by atoms with Gasteiger partial charge in [-0.3, -0.25) is 9.58 Å². The van der Waals surface area contributed by atoms with Crippen molar-refractivity contribution in [1.29, 1.82) is 0 Å². The molecule has 1 atom stereocenters. The van der Waals surface area contributed by atoms with Crippen LogP contribution in [-0.2, 0) is 13.6 Å². The van der Waals surface area contributed by atoms with E-state index in [1.807, 2.05) is 7.05 Å². The number of carboxylic acids is 1. The average molecular weight is 225 g/mol. The van der Waals surface area contributed by atoms with Gasteiger partial charge in [-0.2, -0.15) is 5.10 Å². The number of hydrogen-bond donors (Lipinski definition) is 1. The predicted octanol–water partition coefficient (Wildman–Crippen LogP) is 1.35. The van der Waals surface area contributed by atoms with E-state index in [9.17, 15) is 4.79 Å². The van der Waals surface area contributed by atoms with Crippen LogP contribution < -0.4 is 0 Å². The molecule has 0 radical (unpaired) electrons. The molecule has 0 bridgehead atoms. The Hall–Kier alpha value is -1.36. The van der Waals surface area contributed by atoms with E-state index in [0.717, 1.165) is 12.1 Å². The predicted molar refractivity (Wildman–Crippen MR) is 61.4 cm³/mol. The van der Waals surface area contributed by atoms with Crippen LogP contribution in [0.25, 0.3) is 0 Å². The Kier molecular flexibility index (Phi) is 4.06. The maximum absolute atomic E-state index is 11.0. The summed E-state index contributed by atoms with van der Waals surface area (Å²) in [6.45, 7) is 4.84. The molecule has 0 aromatic carbocycles. The van der Waals surface area contributed by atoms with Gasteiger partial charge < -0.3 is 5.11 Å². The zero-order chi connectivity index (χ0) is 12.3. The first-order valence-corrected chi connectivity index (χ1v) is 5.41. The number of nitrogens with zero attached hydrogens (tertiary/aromatic N) is 3. The standard InChI is InChI=1S/C11H19N3O2/c1-5-8(2)13(3)7-10-9(11(15)16)6-12-14(10)4/h6,8H,5,7H2,1-4H3,(H,15,16). The zero-order valence-electron chi connectivity index (χ0n) is 10.3. The average Bonchev–Trinajstić information content (AvgIpc) is 2.59. The molecular weight excluding hydrogens is 206 g/mol. The molecule has 0 aliphatic heterocycles. The summed E-state index contributed by atoms with van der Waals surface area (Å²) >= 11 is 0. The number of carboxylic acid groups (broad SMARTS) is 1. The van der Waals surface area contributed by atoms with Crippen LogP contribution in [0.4, 0.5) is 0 Å². The molecule has 0 saturated carbocycles. The second kappa shape index (κ2) is 5.12. The van der Waals surface area contributed by atoms with Crippen LogP contribution in [-0.4, -0.2) is 38.8 Å². The second-order valence-corrected chi connectivity index (χ2v) is 4.11. The first-order chi connectivity index (χ1) is 7.47. The maximum Gasteiger partial charge on any atom is 0.339 e. The smallest absolute Gasteiger partial charge is 0.339 e. The summed E-state index contributed by atoms with van der Waals surface area (Å²) in [6, 6.07) is 0.427. The number of hydrogen-bond acceptors (Lipinski definition) is 3. The van der Waals surface area contributed by atoms with Crippen molar-refractivity contribution in [1.82, 2.24) is 14.7 Å². The van der Waals surface area contributed by atoms with Gasteiger partial charge in [0, 0.05) is 19.6 Å². The van der Waals surface area contributed by atoms with E-state index in [1.165, 1.54) is 6.20 Å². The highest BCUT2D eigenvalue weighted by Gasteiger charge is 2.17. The maximum atomic E-state index is 11.0. The van der Waals surface area contributed by atoms with Gasteiger partial charge in [-0.05, 0) is 20.4 Å². The third-order valence-corrected chi connectivity index (χ3v) is 3.03. The number of carbonyl (C=O) groups is 1. The lowest BCUT2D eigenvalue weighted by molar-refractivity contribution is 0.0694. The molecule has 90 valence electrons. The van der Waals surface area contributed by atoms with E-state index in [1.54, 1.807) is 11.7 Å². The van der Waals surface area contributed by atoms with Crippen LogP contribution >= 0.6 is 0 Å². The quantitative estimate of drug-likeness (QED) is 0.821. The van der Waals surface area contributed by atoms with Crippen LogP contribution in [0.1, 0.15) is 36.3 Å². The molecule has 0 aliphatic carbocycles. The molecule has 0 fully saturated rings. The van der Waals surface area contributed by atoms with Crippen LogP contribution in [0, 0.1) is 0 Å². The minimum absolute atomic E-state index is 0.289. The molecule has 5 nitrogen and oxygen atoms in total. The summed E-state index contributed by atoms with van der Waals surface area (Å²) in [5.41, 5.74) is 1.04. The van der Waals surface area contributed by atoms with Crippen molar-refractivity contribution in [3.05, 3.63) is 17.5 Å². The van der Waals surface area contributed by atoms with E-state index in [0.29, 0.717) is 12.6 Å². The van der Waals surface area contributed by atoms with Crippen molar-refractivity contribution in [3.8, 4) is 0 Å². The molecule has 1 aromatic rings. The SMILES string of the molecule is CCC(C)N(C)Cc1c(C(=O)O)cnn1C. The van der Waals surface area contributed by atoms with Gasteiger partial charge in [0.25, 0.3) is 0 Å². The van der Waals surface area contributed by atoms with Gasteiger partial charge in [0.2, 0.25) is 0 Å². The molecule has 0 aliphatic rings. The summed E-state index contributed by atoms with van der Waals surface area (Å²) < 4.78 is 1.63. The minimum Gasteiger partial charge on any atom is -0.478 e. The molecule has 1 aromatic heterocycles. The van der Waals surface area contributed by atoms with Crippen LogP contribution in [0.5, 0.6) is 0 Å². The molecule has 0 amide bonds. The summed E-state index contributed by atoms with van der Waals surface area (Å²) in [6.07, 6.45) is 2.44. The van der Waals surface area contributed by atoms with Crippen molar-refractivity contribution in [2.75, 3.05) is 7.05 Å². The molecule has 5 heteroatoms. The number of aryl methyl sites for hydroxylation is 1. The van der Waals surface area contributed by atoms with E-state index in [4.69, 9.17) is 5.11 Å². The Bertz CT molecular complexity index is 373. The van der Waals surface area contributed by atoms with Crippen molar-refractivity contribution >= 4 is 5.97 Å². The van der Waals surface area contributed by atoms with Crippen molar-refractivity contribution in [2.24, 2.45) is 7.05 Å². The summed E-state index contributed by atoms with van der Waals surface area (Å²) in [5.74, 6) is -0.916. The van der Waals surface area contributed by atoms with Crippen molar-refractivity contribution in [2.45, 2.75) is 32.9 Å². The summed E-state index contributed by atoms with van der Waals surface area (Å²) in [5, 5.41) is 13.0. The molecule has 0 spiro atoms. The number of aromatic nitrogens is 2. The Morgan fingerprint density at radius 1 is 1.69 bits per heavy atom. The highest BCUT2D eigenvalue weighted by molar-refractivity contribution is 5.88. The monoisotopic (exact) mass is 225 g/mol. The van der Waals surface area contributed by atoms with Gasteiger partial charge in [0.15, 0.2) is 0 Å². The van der Waals surface area contributed by atoms with Crippen LogP contribution in [0.3, 0.4) is 0 Å². The Balaban J connectivity index is 2.87.